The second-order valence-corrected chi connectivity index (χ2v) is 9.45. The molecule has 2 aliphatic rings. The first-order valence-corrected chi connectivity index (χ1v) is 12.7. The van der Waals surface area contributed by atoms with Crippen LogP contribution in [0.2, 0.25) is 0 Å². The third-order valence-electron chi connectivity index (χ3n) is 6.76. The Kier molecular flexibility index (Phi) is 10.8. The summed E-state index contributed by atoms with van der Waals surface area (Å²) in [6, 6.07) is 10.5. The van der Waals surface area contributed by atoms with Crippen molar-refractivity contribution in [2.75, 3.05) is 56.2 Å². The van der Waals surface area contributed by atoms with Crippen LogP contribution in [0.15, 0.2) is 42.5 Å². The third kappa shape index (κ3) is 8.91. The predicted molar refractivity (Wildman–Crippen MR) is 138 cm³/mol. The summed E-state index contributed by atoms with van der Waals surface area (Å²) in [5.74, 6) is -4.41. The molecule has 1 amide bonds. The Morgan fingerprint density at radius 3 is 2.15 bits per heavy atom. The largest absolute Gasteiger partial charge is 0.490 e. The fraction of sp³-hybridized carbons (Fsp3) is 0.444. The van der Waals surface area contributed by atoms with Crippen LogP contribution in [0, 0.1) is 11.7 Å². The molecule has 0 aromatic heterocycles. The molecule has 13 heteroatoms. The Bertz CT molecular complexity index is 1180. The van der Waals surface area contributed by atoms with Gasteiger partial charge in [0.1, 0.15) is 5.82 Å². The summed E-state index contributed by atoms with van der Waals surface area (Å²) in [6.07, 6.45) is -1.88. The number of carboxylic acids is 2. The Morgan fingerprint density at radius 1 is 0.950 bits per heavy atom. The second kappa shape index (κ2) is 14.1. The number of amides is 1. The van der Waals surface area contributed by atoms with Gasteiger partial charge in [0.05, 0.1) is 30.0 Å². The van der Waals surface area contributed by atoms with E-state index >= 15 is 0 Å². The van der Waals surface area contributed by atoms with Gasteiger partial charge in [-0.2, -0.15) is 13.2 Å². The fourth-order valence-electron chi connectivity index (χ4n) is 4.56. The van der Waals surface area contributed by atoms with E-state index < -0.39 is 29.8 Å². The van der Waals surface area contributed by atoms with Crippen LogP contribution in [0.25, 0.3) is 0 Å². The Morgan fingerprint density at radius 2 is 1.57 bits per heavy atom. The molecule has 0 spiro atoms. The van der Waals surface area contributed by atoms with Gasteiger partial charge in [-0.3, -0.25) is 9.69 Å². The third-order valence-corrected chi connectivity index (χ3v) is 6.76. The first kappa shape index (κ1) is 30.8. The molecule has 2 aliphatic heterocycles. The summed E-state index contributed by atoms with van der Waals surface area (Å²) in [5, 5.41) is 19.5. The van der Waals surface area contributed by atoms with Crippen molar-refractivity contribution in [1.29, 1.82) is 0 Å². The molecule has 40 heavy (non-hydrogen) atoms. The number of aromatic carboxylic acids is 1. The van der Waals surface area contributed by atoms with Crippen molar-refractivity contribution in [3.63, 3.8) is 0 Å². The van der Waals surface area contributed by atoms with Gasteiger partial charge >= 0.3 is 18.1 Å². The highest BCUT2D eigenvalue weighted by Crippen LogP contribution is 2.30. The smallest absolute Gasteiger partial charge is 0.478 e. The van der Waals surface area contributed by atoms with E-state index in [0.717, 1.165) is 65.2 Å². The minimum Gasteiger partial charge on any atom is -0.478 e. The minimum absolute atomic E-state index is 0.0856. The van der Waals surface area contributed by atoms with Gasteiger partial charge in [-0.15, -0.1) is 0 Å². The number of carbonyl (C=O) groups is 3. The number of alkyl halides is 3. The lowest BCUT2D eigenvalue weighted by atomic mass is 9.92. The standard InChI is InChI=1S/C25H30FN3O4.C2HF3O2/c26-22-4-2-1-3-20(22)24(30)27-19-5-6-23(21(17-19)25(31)32)29-11-8-18(9-12-29)7-10-28-13-15-33-16-14-28;3-2(4,5)1(6)7/h1-6,17-18H,7-16H2,(H,27,30)(H,31,32);(H,6,7). The van der Waals surface area contributed by atoms with Crippen molar-refractivity contribution in [3.05, 3.63) is 59.4 Å². The molecular weight excluding hydrogens is 538 g/mol. The number of nitrogens with zero attached hydrogens (tertiary/aromatic N) is 2. The molecule has 0 saturated carbocycles. The highest BCUT2D eigenvalue weighted by atomic mass is 19.4. The van der Waals surface area contributed by atoms with Crippen LogP contribution in [0.3, 0.4) is 0 Å². The lowest BCUT2D eigenvalue weighted by Crippen LogP contribution is -2.39. The number of anilines is 2. The van der Waals surface area contributed by atoms with Gasteiger partial charge in [-0.05, 0) is 62.1 Å². The van der Waals surface area contributed by atoms with E-state index in [4.69, 9.17) is 14.6 Å². The molecule has 3 N–H and O–H groups in total. The van der Waals surface area contributed by atoms with Crippen molar-refractivity contribution >= 4 is 29.2 Å². The Balaban J connectivity index is 0.000000559. The summed E-state index contributed by atoms with van der Waals surface area (Å²) in [6.45, 7) is 6.32. The summed E-state index contributed by atoms with van der Waals surface area (Å²) >= 11 is 0. The number of halogens is 4. The molecule has 0 aliphatic carbocycles. The van der Waals surface area contributed by atoms with E-state index in [1.807, 2.05) is 0 Å². The molecular formula is C27H31F4N3O6. The van der Waals surface area contributed by atoms with Crippen molar-refractivity contribution < 1.29 is 46.9 Å². The van der Waals surface area contributed by atoms with Gasteiger partial charge in [-0.1, -0.05) is 12.1 Å². The molecule has 2 heterocycles. The zero-order valence-electron chi connectivity index (χ0n) is 21.6. The zero-order chi connectivity index (χ0) is 29.3. The maximum absolute atomic E-state index is 13.9. The normalized spacial score (nSPS) is 16.6. The Labute approximate surface area is 228 Å². The summed E-state index contributed by atoms with van der Waals surface area (Å²) in [7, 11) is 0. The summed E-state index contributed by atoms with van der Waals surface area (Å²) in [4.78, 5) is 37.8. The Hall–Kier alpha value is -3.71. The number of benzene rings is 2. The first-order chi connectivity index (χ1) is 19.0. The van der Waals surface area contributed by atoms with Crippen LogP contribution >= 0.6 is 0 Å². The topological polar surface area (TPSA) is 119 Å². The van der Waals surface area contributed by atoms with Crippen LogP contribution in [0.4, 0.5) is 28.9 Å². The van der Waals surface area contributed by atoms with E-state index in [1.165, 1.54) is 24.3 Å². The van der Waals surface area contributed by atoms with Crippen LogP contribution in [0.1, 0.15) is 40.0 Å². The van der Waals surface area contributed by atoms with Gasteiger partial charge in [0.15, 0.2) is 0 Å². The van der Waals surface area contributed by atoms with Gasteiger partial charge < -0.3 is 25.2 Å². The number of hydrogen-bond donors (Lipinski definition) is 3. The van der Waals surface area contributed by atoms with E-state index in [2.05, 4.69) is 15.1 Å². The van der Waals surface area contributed by atoms with E-state index in [-0.39, 0.29) is 11.1 Å². The molecule has 0 unspecified atom stereocenters. The summed E-state index contributed by atoms with van der Waals surface area (Å²) in [5.41, 5.74) is 1.02. The molecule has 218 valence electrons. The highest BCUT2D eigenvalue weighted by Gasteiger charge is 2.38. The molecule has 0 atom stereocenters. The summed E-state index contributed by atoms with van der Waals surface area (Å²) < 4.78 is 51.0. The maximum atomic E-state index is 13.9. The fourth-order valence-corrected chi connectivity index (χ4v) is 4.56. The lowest BCUT2D eigenvalue weighted by molar-refractivity contribution is -0.192. The number of morpholine rings is 1. The molecule has 0 bridgehead atoms. The average molecular weight is 570 g/mol. The van der Waals surface area contributed by atoms with Crippen molar-refractivity contribution in [2.45, 2.75) is 25.4 Å². The van der Waals surface area contributed by atoms with E-state index in [1.54, 1.807) is 18.2 Å². The average Bonchev–Trinajstić information content (AvgIpc) is 2.93. The molecule has 4 rings (SSSR count). The maximum Gasteiger partial charge on any atom is 0.490 e. The van der Waals surface area contributed by atoms with Crippen LogP contribution in [0.5, 0.6) is 0 Å². The number of ether oxygens (including phenoxy) is 1. The first-order valence-electron chi connectivity index (χ1n) is 12.7. The van der Waals surface area contributed by atoms with Gasteiger partial charge in [-0.25, -0.2) is 14.0 Å². The molecule has 2 saturated heterocycles. The van der Waals surface area contributed by atoms with E-state index in [0.29, 0.717) is 17.3 Å². The van der Waals surface area contributed by atoms with Crippen LogP contribution < -0.4 is 10.2 Å². The zero-order valence-corrected chi connectivity index (χ0v) is 21.6. The molecule has 2 aromatic carbocycles. The number of piperidine rings is 1. The van der Waals surface area contributed by atoms with Crippen molar-refractivity contribution in [1.82, 2.24) is 4.90 Å². The number of carboxylic acid groups (broad SMARTS) is 2. The number of hydrogen-bond acceptors (Lipinski definition) is 6. The SMILES string of the molecule is O=C(Nc1ccc(N2CCC(CCN3CCOCC3)CC2)c(C(=O)O)c1)c1ccccc1F.O=C(O)C(F)(F)F. The monoisotopic (exact) mass is 569 g/mol. The van der Waals surface area contributed by atoms with Gasteiger partial charge in [0, 0.05) is 31.9 Å². The number of rotatable bonds is 7. The molecule has 0 radical (unpaired) electrons. The van der Waals surface area contributed by atoms with E-state index in [9.17, 15) is 32.3 Å². The quantitative estimate of drug-likeness (QED) is 0.422. The number of nitrogens with one attached hydrogen (secondary N) is 1. The minimum atomic E-state index is -5.08. The van der Waals surface area contributed by atoms with Crippen molar-refractivity contribution in [3.8, 4) is 0 Å². The second-order valence-electron chi connectivity index (χ2n) is 9.45. The predicted octanol–water partition coefficient (Wildman–Crippen LogP) is 4.35. The molecule has 2 fully saturated rings. The molecule has 2 aromatic rings. The molecule has 9 nitrogen and oxygen atoms in total. The van der Waals surface area contributed by atoms with Gasteiger partial charge in [0.2, 0.25) is 0 Å². The van der Waals surface area contributed by atoms with Gasteiger partial charge in [0.25, 0.3) is 5.91 Å². The number of carbonyl (C=O) groups excluding carboxylic acids is 1. The lowest BCUT2D eigenvalue weighted by Gasteiger charge is -2.35. The van der Waals surface area contributed by atoms with Crippen LogP contribution in [-0.4, -0.2) is 85.1 Å². The van der Waals surface area contributed by atoms with Crippen molar-refractivity contribution in [2.24, 2.45) is 5.92 Å². The van der Waals surface area contributed by atoms with Crippen LogP contribution in [-0.2, 0) is 9.53 Å². The number of aliphatic carboxylic acids is 1. The highest BCUT2D eigenvalue weighted by molar-refractivity contribution is 6.05.